The van der Waals surface area contributed by atoms with Crippen LogP contribution in [0.2, 0.25) is 0 Å². The zero-order valence-corrected chi connectivity index (χ0v) is 7.23. The van der Waals surface area contributed by atoms with Gasteiger partial charge >= 0.3 is 12.2 Å². The van der Waals surface area contributed by atoms with Crippen LogP contribution >= 0.6 is 0 Å². The highest BCUT2D eigenvalue weighted by molar-refractivity contribution is 5.88. The number of amides is 2. The predicted molar refractivity (Wildman–Crippen MR) is 44.6 cm³/mol. The third-order valence-corrected chi connectivity index (χ3v) is 1.55. The molecular weight excluding hydrogens is 216 g/mol. The average molecular weight is 222 g/mol. The monoisotopic (exact) mass is 222 g/mol. The van der Waals surface area contributed by atoms with E-state index in [-0.39, 0.29) is 0 Å². The molecule has 0 saturated carbocycles. The second kappa shape index (κ2) is 3.76. The lowest BCUT2D eigenvalue weighted by Gasteiger charge is -2.09. The van der Waals surface area contributed by atoms with Crippen LogP contribution in [-0.4, -0.2) is 6.03 Å². The highest BCUT2D eigenvalue weighted by Crippen LogP contribution is 2.31. The number of rotatable bonds is 1. The van der Waals surface area contributed by atoms with Crippen molar-refractivity contribution >= 4 is 11.7 Å². The molecule has 0 aliphatic carbocycles. The number of carbonyl (C=O) groups is 1. The first-order chi connectivity index (χ1) is 6.80. The topological polar surface area (TPSA) is 55.1 Å². The SMILES string of the molecule is NC(=O)Nc1cc(C(F)(F)F)ccc1F. The van der Waals surface area contributed by atoms with Crippen LogP contribution in [0, 0.1) is 5.82 Å². The minimum atomic E-state index is -4.60. The Labute approximate surface area is 81.9 Å². The number of carbonyl (C=O) groups excluding carboxylic acids is 1. The van der Waals surface area contributed by atoms with Gasteiger partial charge in [0, 0.05) is 0 Å². The zero-order valence-electron chi connectivity index (χ0n) is 7.23. The average Bonchev–Trinajstić information content (AvgIpc) is 2.06. The molecule has 0 radical (unpaired) electrons. The molecule has 0 unspecified atom stereocenters. The molecule has 3 N–H and O–H groups in total. The van der Waals surface area contributed by atoms with Gasteiger partial charge in [0.2, 0.25) is 0 Å². The Bertz CT molecular complexity index is 389. The number of hydrogen-bond acceptors (Lipinski definition) is 1. The van der Waals surface area contributed by atoms with Crippen LogP contribution in [0.15, 0.2) is 18.2 Å². The molecule has 0 bridgehead atoms. The van der Waals surface area contributed by atoms with Gasteiger partial charge in [-0.15, -0.1) is 0 Å². The van der Waals surface area contributed by atoms with Crippen molar-refractivity contribution in [2.75, 3.05) is 5.32 Å². The number of nitrogens with one attached hydrogen (secondary N) is 1. The molecule has 1 rings (SSSR count). The van der Waals surface area contributed by atoms with Gasteiger partial charge in [-0.1, -0.05) is 0 Å². The summed E-state index contributed by atoms with van der Waals surface area (Å²) in [7, 11) is 0. The van der Waals surface area contributed by atoms with E-state index in [2.05, 4.69) is 5.73 Å². The quantitative estimate of drug-likeness (QED) is 0.704. The second-order valence-electron chi connectivity index (χ2n) is 2.68. The molecule has 0 aliphatic rings. The first kappa shape index (κ1) is 11.3. The van der Waals surface area contributed by atoms with Crippen LogP contribution in [-0.2, 0) is 6.18 Å². The van der Waals surface area contributed by atoms with Gasteiger partial charge in [-0.3, -0.25) is 0 Å². The molecule has 82 valence electrons. The summed E-state index contributed by atoms with van der Waals surface area (Å²) in [5.74, 6) is -0.984. The molecule has 15 heavy (non-hydrogen) atoms. The fraction of sp³-hybridized carbons (Fsp3) is 0.125. The van der Waals surface area contributed by atoms with E-state index in [0.717, 1.165) is 0 Å². The van der Waals surface area contributed by atoms with Crippen LogP contribution in [0.3, 0.4) is 0 Å². The van der Waals surface area contributed by atoms with Crippen molar-refractivity contribution in [1.82, 2.24) is 0 Å². The highest BCUT2D eigenvalue weighted by atomic mass is 19.4. The van der Waals surface area contributed by atoms with E-state index in [1.165, 1.54) is 0 Å². The Morgan fingerprint density at radius 1 is 1.33 bits per heavy atom. The van der Waals surface area contributed by atoms with E-state index in [1.807, 2.05) is 0 Å². The number of hydrogen-bond donors (Lipinski definition) is 2. The van der Waals surface area contributed by atoms with Crippen LogP contribution in [0.1, 0.15) is 5.56 Å². The molecule has 0 fully saturated rings. The Morgan fingerprint density at radius 2 is 1.93 bits per heavy atom. The maximum Gasteiger partial charge on any atom is 0.416 e. The molecule has 0 aliphatic heterocycles. The van der Waals surface area contributed by atoms with E-state index in [9.17, 15) is 22.4 Å². The van der Waals surface area contributed by atoms with Crippen molar-refractivity contribution in [3.8, 4) is 0 Å². The van der Waals surface area contributed by atoms with Crippen LogP contribution in [0.5, 0.6) is 0 Å². The van der Waals surface area contributed by atoms with Crippen molar-refractivity contribution < 1.29 is 22.4 Å². The number of primary amides is 1. The lowest BCUT2D eigenvalue weighted by molar-refractivity contribution is -0.137. The van der Waals surface area contributed by atoms with Crippen molar-refractivity contribution in [1.29, 1.82) is 0 Å². The van der Waals surface area contributed by atoms with E-state index < -0.39 is 29.3 Å². The minimum absolute atomic E-state index is 0.472. The van der Waals surface area contributed by atoms with Crippen molar-refractivity contribution in [2.45, 2.75) is 6.18 Å². The summed E-state index contributed by atoms with van der Waals surface area (Å²) in [5.41, 5.74) is 2.99. The van der Waals surface area contributed by atoms with E-state index in [1.54, 1.807) is 5.32 Å². The Balaban J connectivity index is 3.11. The number of benzene rings is 1. The number of nitrogens with two attached hydrogens (primary N) is 1. The van der Waals surface area contributed by atoms with E-state index >= 15 is 0 Å². The lowest BCUT2D eigenvalue weighted by Crippen LogP contribution is -2.20. The number of alkyl halides is 3. The van der Waals surface area contributed by atoms with Gasteiger partial charge in [-0.05, 0) is 18.2 Å². The van der Waals surface area contributed by atoms with Crippen LogP contribution in [0.25, 0.3) is 0 Å². The molecule has 1 aromatic carbocycles. The highest BCUT2D eigenvalue weighted by Gasteiger charge is 2.31. The van der Waals surface area contributed by atoms with Crippen molar-refractivity contribution in [3.63, 3.8) is 0 Å². The molecule has 0 spiro atoms. The molecule has 0 aromatic heterocycles. The van der Waals surface area contributed by atoms with Crippen molar-refractivity contribution in [2.24, 2.45) is 5.73 Å². The third kappa shape index (κ3) is 2.83. The van der Waals surface area contributed by atoms with Crippen molar-refractivity contribution in [3.05, 3.63) is 29.6 Å². The Morgan fingerprint density at radius 3 is 2.40 bits per heavy atom. The summed E-state index contributed by atoms with van der Waals surface area (Å²) in [6.45, 7) is 0. The summed E-state index contributed by atoms with van der Waals surface area (Å²) < 4.78 is 49.4. The molecular formula is C8H6F4N2O. The van der Waals surface area contributed by atoms with Gasteiger partial charge in [-0.25, -0.2) is 9.18 Å². The van der Waals surface area contributed by atoms with Gasteiger partial charge in [-0.2, -0.15) is 13.2 Å². The number of anilines is 1. The molecule has 0 saturated heterocycles. The maximum atomic E-state index is 12.9. The summed E-state index contributed by atoms with van der Waals surface area (Å²) >= 11 is 0. The molecule has 7 heteroatoms. The Kier molecular flexibility index (Phi) is 2.83. The largest absolute Gasteiger partial charge is 0.416 e. The normalized spacial score (nSPS) is 11.2. The summed E-state index contributed by atoms with van der Waals surface area (Å²) in [5, 5.41) is 1.75. The van der Waals surface area contributed by atoms with Crippen LogP contribution < -0.4 is 11.1 Å². The summed E-state index contributed by atoms with van der Waals surface area (Å²) in [6.07, 6.45) is -4.60. The number of halogens is 4. The summed E-state index contributed by atoms with van der Waals surface area (Å²) in [4.78, 5) is 10.3. The predicted octanol–water partition coefficient (Wildman–Crippen LogP) is 2.34. The third-order valence-electron chi connectivity index (χ3n) is 1.55. The number of urea groups is 1. The lowest BCUT2D eigenvalue weighted by atomic mass is 10.2. The van der Waals surface area contributed by atoms with Gasteiger partial charge in [0.25, 0.3) is 0 Å². The smallest absolute Gasteiger partial charge is 0.351 e. The minimum Gasteiger partial charge on any atom is -0.351 e. The van der Waals surface area contributed by atoms with Gasteiger partial charge < -0.3 is 11.1 Å². The van der Waals surface area contributed by atoms with E-state index in [4.69, 9.17) is 0 Å². The second-order valence-corrected chi connectivity index (χ2v) is 2.68. The van der Waals surface area contributed by atoms with Gasteiger partial charge in [0.05, 0.1) is 11.3 Å². The Hall–Kier alpha value is -1.79. The maximum absolute atomic E-state index is 12.9. The fourth-order valence-corrected chi connectivity index (χ4v) is 0.930. The molecule has 0 atom stereocenters. The first-order valence-corrected chi connectivity index (χ1v) is 3.74. The molecule has 1 aromatic rings. The summed E-state index contributed by atoms with van der Waals surface area (Å²) in [6, 6.07) is 0.517. The van der Waals surface area contributed by atoms with Crippen LogP contribution in [0.4, 0.5) is 28.0 Å². The molecule has 2 amide bonds. The van der Waals surface area contributed by atoms with Gasteiger partial charge in [0.1, 0.15) is 5.82 Å². The van der Waals surface area contributed by atoms with E-state index in [0.29, 0.717) is 18.2 Å². The first-order valence-electron chi connectivity index (χ1n) is 3.74. The fourth-order valence-electron chi connectivity index (χ4n) is 0.930. The standard InChI is InChI=1S/C8H6F4N2O/c9-5-2-1-4(8(10,11)12)3-6(5)14-7(13)15/h1-3H,(H3,13,14,15). The zero-order chi connectivity index (χ0) is 11.6. The molecule has 0 heterocycles. The van der Waals surface area contributed by atoms with Gasteiger partial charge in [0.15, 0.2) is 0 Å². The molecule has 3 nitrogen and oxygen atoms in total.